The van der Waals surface area contributed by atoms with E-state index in [-0.39, 0.29) is 6.10 Å². The van der Waals surface area contributed by atoms with E-state index in [4.69, 9.17) is 4.74 Å². The fourth-order valence-electron chi connectivity index (χ4n) is 3.37. The molecule has 0 spiro atoms. The lowest BCUT2D eigenvalue weighted by Gasteiger charge is -2.32. The van der Waals surface area contributed by atoms with Gasteiger partial charge in [0.05, 0.1) is 25.8 Å². The highest BCUT2D eigenvalue weighted by atomic mass is 16.5. The van der Waals surface area contributed by atoms with Crippen LogP contribution in [0.4, 0.5) is 0 Å². The van der Waals surface area contributed by atoms with Crippen LogP contribution in [-0.4, -0.2) is 60.2 Å². The van der Waals surface area contributed by atoms with Gasteiger partial charge < -0.3 is 9.30 Å². The molecule has 0 bridgehead atoms. The molecule has 8 nitrogen and oxygen atoms in total. The van der Waals surface area contributed by atoms with Crippen molar-refractivity contribution in [1.82, 2.24) is 34.4 Å². The highest BCUT2D eigenvalue weighted by Crippen LogP contribution is 2.38. The third-order valence-electron chi connectivity index (χ3n) is 4.87. The number of ether oxygens (including phenoxy) is 1. The summed E-state index contributed by atoms with van der Waals surface area (Å²) < 4.78 is 10.0. The van der Waals surface area contributed by atoms with Crippen LogP contribution < -0.4 is 0 Å². The normalized spacial score (nSPS) is 22.2. The number of morpholine rings is 1. The Kier molecular flexibility index (Phi) is 4.09. The average Bonchev–Trinajstić information content (AvgIpc) is 3.25. The highest BCUT2D eigenvalue weighted by Gasteiger charge is 2.30. The molecule has 2 aromatic rings. The molecular weight excluding hydrogens is 306 g/mol. The second kappa shape index (κ2) is 6.25. The van der Waals surface area contributed by atoms with E-state index in [2.05, 4.69) is 36.8 Å². The third-order valence-corrected chi connectivity index (χ3v) is 4.87. The smallest absolute Gasteiger partial charge is 0.147 e. The van der Waals surface area contributed by atoms with Crippen molar-refractivity contribution < 1.29 is 4.74 Å². The summed E-state index contributed by atoms with van der Waals surface area (Å²) >= 11 is 0. The van der Waals surface area contributed by atoms with Gasteiger partial charge in [0.1, 0.15) is 23.3 Å². The van der Waals surface area contributed by atoms with Gasteiger partial charge in [0.25, 0.3) is 0 Å². The summed E-state index contributed by atoms with van der Waals surface area (Å²) in [6.07, 6.45) is 2.64. The van der Waals surface area contributed by atoms with Crippen molar-refractivity contribution in [1.29, 1.82) is 0 Å². The van der Waals surface area contributed by atoms with Gasteiger partial charge in [0, 0.05) is 26.1 Å². The predicted molar refractivity (Wildman–Crippen MR) is 87.5 cm³/mol. The summed E-state index contributed by atoms with van der Waals surface area (Å²) in [7, 11) is 2.09. The number of nitrogens with zero attached hydrogens (tertiary/aromatic N) is 7. The monoisotopic (exact) mass is 331 g/mol. The van der Waals surface area contributed by atoms with Gasteiger partial charge in [-0.05, 0) is 26.7 Å². The number of hydrogen-bond donors (Lipinski definition) is 0. The molecule has 24 heavy (non-hydrogen) atoms. The van der Waals surface area contributed by atoms with Crippen LogP contribution in [0.1, 0.15) is 42.1 Å². The minimum Gasteiger partial charge on any atom is -0.374 e. The summed E-state index contributed by atoms with van der Waals surface area (Å²) in [6, 6.07) is 0. The van der Waals surface area contributed by atoms with E-state index in [1.807, 2.05) is 18.5 Å². The molecule has 8 heteroatoms. The molecule has 2 aromatic heterocycles. The van der Waals surface area contributed by atoms with Gasteiger partial charge in [-0.25, -0.2) is 9.67 Å². The van der Waals surface area contributed by atoms with Gasteiger partial charge >= 0.3 is 0 Å². The lowest BCUT2D eigenvalue weighted by atomic mass is 10.2. The Bertz CT molecular complexity index is 718. The van der Waals surface area contributed by atoms with Crippen molar-refractivity contribution in [3.63, 3.8) is 0 Å². The van der Waals surface area contributed by atoms with Crippen LogP contribution in [-0.2, 0) is 24.9 Å². The van der Waals surface area contributed by atoms with Crippen LogP contribution in [0.5, 0.6) is 0 Å². The molecule has 0 radical (unpaired) electrons. The van der Waals surface area contributed by atoms with Crippen molar-refractivity contribution in [2.24, 2.45) is 7.05 Å². The van der Waals surface area contributed by atoms with Crippen molar-refractivity contribution in [2.75, 3.05) is 19.7 Å². The van der Waals surface area contributed by atoms with E-state index in [9.17, 15) is 0 Å². The fraction of sp³-hybridized carbons (Fsp3) is 0.750. The van der Waals surface area contributed by atoms with E-state index < -0.39 is 0 Å². The Morgan fingerprint density at radius 2 is 2.04 bits per heavy atom. The predicted octanol–water partition coefficient (Wildman–Crippen LogP) is 0.802. The minimum absolute atomic E-state index is 0.134. The largest absolute Gasteiger partial charge is 0.374 e. The van der Waals surface area contributed by atoms with Gasteiger partial charge in [0.15, 0.2) is 0 Å². The molecule has 1 atom stereocenters. The Hall–Kier alpha value is -1.80. The Labute approximate surface area is 141 Å². The third kappa shape index (κ3) is 3.21. The molecule has 3 heterocycles. The summed E-state index contributed by atoms with van der Waals surface area (Å²) in [5, 5.41) is 13.2. The van der Waals surface area contributed by atoms with Gasteiger partial charge in [-0.1, -0.05) is 0 Å². The Morgan fingerprint density at radius 3 is 2.75 bits per heavy atom. The first-order valence-electron chi connectivity index (χ1n) is 8.70. The van der Waals surface area contributed by atoms with Crippen LogP contribution in [0.3, 0.4) is 0 Å². The summed E-state index contributed by atoms with van der Waals surface area (Å²) in [5.41, 5.74) is 0. The molecule has 1 aliphatic carbocycles. The molecule has 0 amide bonds. The average molecular weight is 331 g/mol. The topological polar surface area (TPSA) is 73.9 Å². The first-order chi connectivity index (χ1) is 11.6. The van der Waals surface area contributed by atoms with Crippen LogP contribution in [0.2, 0.25) is 0 Å². The number of rotatable bonds is 5. The van der Waals surface area contributed by atoms with Crippen LogP contribution >= 0.6 is 0 Å². The molecule has 1 unspecified atom stereocenters. The van der Waals surface area contributed by atoms with Crippen molar-refractivity contribution in [2.45, 2.75) is 51.8 Å². The zero-order valence-corrected chi connectivity index (χ0v) is 14.6. The van der Waals surface area contributed by atoms with E-state index in [0.717, 1.165) is 56.1 Å². The maximum absolute atomic E-state index is 5.92. The van der Waals surface area contributed by atoms with E-state index in [1.165, 1.54) is 12.8 Å². The SMILES string of the molecule is Cc1nc(C)n(CC2CN(Cc3nnc(C4CC4)n3C)CCO2)n1. The van der Waals surface area contributed by atoms with Crippen molar-refractivity contribution in [3.8, 4) is 0 Å². The molecule has 0 aromatic carbocycles. The fourth-order valence-corrected chi connectivity index (χ4v) is 3.37. The zero-order chi connectivity index (χ0) is 16.7. The standard InChI is InChI=1S/C16H25N7O/c1-11-17-12(2)23(20-11)9-14-8-22(6-7-24-14)10-15-18-19-16(21(15)3)13-4-5-13/h13-14H,4-10H2,1-3H3. The van der Waals surface area contributed by atoms with E-state index >= 15 is 0 Å². The lowest BCUT2D eigenvalue weighted by molar-refractivity contribution is -0.0414. The van der Waals surface area contributed by atoms with Gasteiger partial charge in [-0.2, -0.15) is 5.10 Å². The molecule has 2 aliphatic rings. The maximum Gasteiger partial charge on any atom is 0.147 e. The minimum atomic E-state index is 0.134. The van der Waals surface area contributed by atoms with E-state index in [1.54, 1.807) is 0 Å². The lowest BCUT2D eigenvalue weighted by Crippen LogP contribution is -2.44. The summed E-state index contributed by atoms with van der Waals surface area (Å²) in [4.78, 5) is 6.76. The molecule has 0 N–H and O–H groups in total. The second-order valence-electron chi connectivity index (χ2n) is 6.92. The van der Waals surface area contributed by atoms with Gasteiger partial charge in [0.2, 0.25) is 0 Å². The number of hydrogen-bond acceptors (Lipinski definition) is 6. The second-order valence-corrected chi connectivity index (χ2v) is 6.92. The summed E-state index contributed by atoms with van der Waals surface area (Å²) in [6.45, 7) is 8.02. The van der Waals surface area contributed by atoms with Gasteiger partial charge in [-0.15, -0.1) is 10.2 Å². The summed E-state index contributed by atoms with van der Waals surface area (Å²) in [5.74, 6) is 4.57. The quantitative estimate of drug-likeness (QED) is 0.807. The molecular formula is C16H25N7O. The van der Waals surface area contributed by atoms with Crippen molar-refractivity contribution >= 4 is 0 Å². The first-order valence-corrected chi connectivity index (χ1v) is 8.70. The first kappa shape index (κ1) is 15.7. The van der Waals surface area contributed by atoms with Crippen LogP contribution in [0, 0.1) is 13.8 Å². The van der Waals surface area contributed by atoms with E-state index in [0.29, 0.717) is 5.92 Å². The van der Waals surface area contributed by atoms with Crippen molar-refractivity contribution in [3.05, 3.63) is 23.3 Å². The number of aromatic nitrogens is 6. The molecule has 1 aliphatic heterocycles. The maximum atomic E-state index is 5.92. The zero-order valence-electron chi connectivity index (χ0n) is 14.6. The van der Waals surface area contributed by atoms with Gasteiger partial charge in [-0.3, -0.25) is 4.90 Å². The molecule has 4 rings (SSSR count). The molecule has 130 valence electrons. The van der Waals surface area contributed by atoms with Crippen LogP contribution in [0.25, 0.3) is 0 Å². The highest BCUT2D eigenvalue weighted by molar-refractivity contribution is 5.07. The molecule has 2 fully saturated rings. The Morgan fingerprint density at radius 1 is 1.21 bits per heavy atom. The molecule has 1 saturated carbocycles. The van der Waals surface area contributed by atoms with Crippen LogP contribution in [0.15, 0.2) is 0 Å². The number of aryl methyl sites for hydroxylation is 2. The Balaban J connectivity index is 1.39. The molecule has 1 saturated heterocycles.